The molecular formula is C22H36ClN3O2. The normalized spacial score (nSPS) is 21.2. The first-order valence-electron chi connectivity index (χ1n) is 10.4. The summed E-state index contributed by atoms with van der Waals surface area (Å²) in [6.07, 6.45) is 10.8. The largest absolute Gasteiger partial charge is 0.389 e. The first kappa shape index (κ1) is 23.0. The number of carbonyl (C=O) groups is 1. The monoisotopic (exact) mass is 409 g/mol. The smallest absolute Gasteiger partial charge is 0.253 e. The van der Waals surface area contributed by atoms with Gasteiger partial charge in [0.15, 0.2) is 0 Å². The minimum absolute atomic E-state index is 0. The summed E-state index contributed by atoms with van der Waals surface area (Å²) >= 11 is 0. The summed E-state index contributed by atoms with van der Waals surface area (Å²) in [4.78, 5) is 17.3. The lowest BCUT2D eigenvalue weighted by Gasteiger charge is -2.36. The molecule has 158 valence electrons. The minimum atomic E-state index is -0.918. The van der Waals surface area contributed by atoms with Gasteiger partial charge in [-0.15, -0.1) is 12.4 Å². The third kappa shape index (κ3) is 5.84. The fourth-order valence-corrected chi connectivity index (χ4v) is 4.48. The summed E-state index contributed by atoms with van der Waals surface area (Å²) < 4.78 is 0. The lowest BCUT2D eigenvalue weighted by atomic mass is 9.75. The predicted molar refractivity (Wildman–Crippen MR) is 116 cm³/mol. The molecule has 0 bridgehead atoms. The Balaban J connectivity index is 0.00000280. The number of rotatable bonds is 5. The van der Waals surface area contributed by atoms with Gasteiger partial charge >= 0.3 is 0 Å². The Morgan fingerprint density at radius 3 is 2.57 bits per heavy atom. The number of amides is 1. The average molecular weight is 410 g/mol. The summed E-state index contributed by atoms with van der Waals surface area (Å²) in [6.45, 7) is 8.32. The number of hydrogen-bond acceptors (Lipinski definition) is 4. The molecule has 1 atom stereocenters. The Kier molecular flexibility index (Phi) is 7.38. The fraction of sp³-hybridized carbons (Fsp3) is 0.727. The van der Waals surface area contributed by atoms with Gasteiger partial charge in [-0.05, 0) is 75.3 Å². The molecule has 1 heterocycles. The molecular weight excluding hydrogens is 374 g/mol. The molecule has 1 amide bonds. The Hall–Kier alpha value is -1.33. The van der Waals surface area contributed by atoms with Crippen molar-refractivity contribution in [2.45, 2.75) is 90.7 Å². The summed E-state index contributed by atoms with van der Waals surface area (Å²) in [5, 5.41) is 16.4. The van der Waals surface area contributed by atoms with E-state index in [1.807, 2.05) is 0 Å². The number of hydrogen-bond donors (Lipinski definition) is 3. The zero-order valence-corrected chi connectivity index (χ0v) is 18.5. The van der Waals surface area contributed by atoms with Gasteiger partial charge < -0.3 is 15.7 Å². The van der Waals surface area contributed by atoms with Gasteiger partial charge in [0, 0.05) is 18.8 Å². The molecule has 1 aromatic heterocycles. The molecule has 0 aliphatic heterocycles. The number of halogens is 1. The van der Waals surface area contributed by atoms with Gasteiger partial charge in [-0.25, -0.2) is 4.98 Å². The number of nitrogens with one attached hydrogen (secondary N) is 2. The molecule has 1 fully saturated rings. The van der Waals surface area contributed by atoms with Crippen molar-refractivity contribution in [1.29, 1.82) is 0 Å². The minimum Gasteiger partial charge on any atom is -0.389 e. The molecule has 1 unspecified atom stereocenters. The van der Waals surface area contributed by atoms with Crippen LogP contribution in [0.25, 0.3) is 0 Å². The topological polar surface area (TPSA) is 74.2 Å². The molecule has 0 aromatic carbocycles. The van der Waals surface area contributed by atoms with Crippen molar-refractivity contribution in [1.82, 2.24) is 10.3 Å². The maximum absolute atomic E-state index is 12.7. The van der Waals surface area contributed by atoms with Crippen molar-refractivity contribution >= 4 is 24.1 Å². The zero-order chi connectivity index (χ0) is 19.7. The molecule has 6 heteroatoms. The second-order valence-electron chi connectivity index (χ2n) is 9.78. The lowest BCUT2D eigenvalue weighted by Crippen LogP contribution is -2.39. The Morgan fingerprint density at radius 1 is 1.25 bits per heavy atom. The highest BCUT2D eigenvalue weighted by Crippen LogP contribution is 2.37. The molecule has 3 rings (SSSR count). The number of aliphatic hydroxyl groups is 1. The van der Waals surface area contributed by atoms with E-state index in [1.54, 1.807) is 20.0 Å². The number of pyridine rings is 1. The Labute approximate surface area is 175 Å². The van der Waals surface area contributed by atoms with E-state index in [0.717, 1.165) is 43.5 Å². The number of nitrogens with zero attached hydrogens (tertiary/aromatic N) is 1. The second kappa shape index (κ2) is 9.00. The van der Waals surface area contributed by atoms with Crippen LogP contribution in [0, 0.1) is 5.41 Å². The van der Waals surface area contributed by atoms with Gasteiger partial charge in [-0.3, -0.25) is 4.79 Å². The van der Waals surface area contributed by atoms with Crippen molar-refractivity contribution in [3.63, 3.8) is 0 Å². The maximum atomic E-state index is 12.7. The zero-order valence-electron chi connectivity index (χ0n) is 17.7. The van der Waals surface area contributed by atoms with Gasteiger partial charge in [0.1, 0.15) is 5.82 Å². The van der Waals surface area contributed by atoms with Gasteiger partial charge in [-0.1, -0.05) is 20.3 Å². The highest BCUT2D eigenvalue weighted by Gasteiger charge is 2.29. The van der Waals surface area contributed by atoms with Crippen LogP contribution in [-0.2, 0) is 12.8 Å². The van der Waals surface area contributed by atoms with Crippen molar-refractivity contribution in [2.24, 2.45) is 5.41 Å². The molecule has 1 saturated carbocycles. The molecule has 0 saturated heterocycles. The van der Waals surface area contributed by atoms with E-state index < -0.39 is 5.60 Å². The van der Waals surface area contributed by atoms with Crippen LogP contribution in [0.2, 0.25) is 0 Å². The van der Waals surface area contributed by atoms with E-state index in [9.17, 15) is 9.90 Å². The quantitative estimate of drug-likeness (QED) is 0.679. The summed E-state index contributed by atoms with van der Waals surface area (Å²) in [5.74, 6) is 0.847. The Morgan fingerprint density at radius 2 is 1.93 bits per heavy atom. The summed E-state index contributed by atoms with van der Waals surface area (Å²) in [7, 11) is 0. The highest BCUT2D eigenvalue weighted by atomic mass is 35.5. The van der Waals surface area contributed by atoms with Gasteiger partial charge in [0.2, 0.25) is 0 Å². The maximum Gasteiger partial charge on any atom is 0.253 e. The van der Waals surface area contributed by atoms with E-state index in [0.29, 0.717) is 17.0 Å². The molecule has 0 spiro atoms. The third-order valence-electron chi connectivity index (χ3n) is 5.87. The van der Waals surface area contributed by atoms with Gasteiger partial charge in [-0.2, -0.15) is 0 Å². The molecule has 2 aliphatic carbocycles. The molecule has 1 aromatic rings. The molecule has 0 radical (unpaired) electrons. The van der Waals surface area contributed by atoms with E-state index in [2.05, 4.69) is 29.5 Å². The van der Waals surface area contributed by atoms with Crippen LogP contribution in [0.3, 0.4) is 0 Å². The first-order chi connectivity index (χ1) is 12.6. The van der Waals surface area contributed by atoms with E-state index in [-0.39, 0.29) is 24.9 Å². The van der Waals surface area contributed by atoms with Crippen molar-refractivity contribution in [3.8, 4) is 0 Å². The number of anilines is 1. The van der Waals surface area contributed by atoms with Crippen LogP contribution < -0.4 is 10.6 Å². The fourth-order valence-electron chi connectivity index (χ4n) is 4.48. The molecule has 2 aliphatic rings. The van der Waals surface area contributed by atoms with Crippen LogP contribution in [0.15, 0.2) is 6.20 Å². The van der Waals surface area contributed by atoms with E-state index >= 15 is 0 Å². The van der Waals surface area contributed by atoms with Crippen LogP contribution in [0.4, 0.5) is 5.82 Å². The molecule has 28 heavy (non-hydrogen) atoms. The third-order valence-corrected chi connectivity index (χ3v) is 5.87. The van der Waals surface area contributed by atoms with Crippen LogP contribution in [0.1, 0.15) is 87.7 Å². The van der Waals surface area contributed by atoms with Gasteiger partial charge in [0.25, 0.3) is 5.91 Å². The van der Waals surface area contributed by atoms with Crippen LogP contribution in [-0.4, -0.2) is 34.2 Å². The standard InChI is InChI=1S/C22H35N3O2.ClH/c1-21(2)11-7-8-15(12-21)25-19-17-10-6-5-9-16(17)18(13-23-19)20(26)24-14-22(3,4)27;/h13,15,27H,5-12,14H2,1-4H3,(H,23,25)(H,24,26);1H. The average Bonchev–Trinajstić information content (AvgIpc) is 2.58. The Bertz CT molecular complexity index is 698. The number of fused-ring (bicyclic) bond motifs is 1. The molecule has 5 nitrogen and oxygen atoms in total. The SMILES string of the molecule is CC(C)(O)CNC(=O)c1cnc(NC2CCCC(C)(C)C2)c2c1CCCC2.Cl. The van der Waals surface area contributed by atoms with E-state index in [4.69, 9.17) is 0 Å². The van der Waals surface area contributed by atoms with Crippen molar-refractivity contribution in [3.05, 3.63) is 22.9 Å². The lowest BCUT2D eigenvalue weighted by molar-refractivity contribution is 0.0693. The second-order valence-corrected chi connectivity index (χ2v) is 9.78. The van der Waals surface area contributed by atoms with Crippen molar-refractivity contribution in [2.75, 3.05) is 11.9 Å². The predicted octanol–water partition coefficient (Wildman–Crippen LogP) is 4.26. The van der Waals surface area contributed by atoms with E-state index in [1.165, 1.54) is 24.8 Å². The van der Waals surface area contributed by atoms with Crippen molar-refractivity contribution < 1.29 is 9.90 Å². The first-order valence-corrected chi connectivity index (χ1v) is 10.4. The number of aromatic nitrogens is 1. The number of carbonyl (C=O) groups excluding carboxylic acids is 1. The summed E-state index contributed by atoms with van der Waals surface area (Å²) in [5.41, 5.74) is 2.50. The van der Waals surface area contributed by atoms with Crippen LogP contribution in [0.5, 0.6) is 0 Å². The van der Waals surface area contributed by atoms with Crippen LogP contribution >= 0.6 is 12.4 Å². The summed E-state index contributed by atoms with van der Waals surface area (Å²) in [6, 6.07) is 0.460. The van der Waals surface area contributed by atoms with Gasteiger partial charge in [0.05, 0.1) is 11.2 Å². The highest BCUT2D eigenvalue weighted by molar-refractivity contribution is 5.96. The molecule has 3 N–H and O–H groups in total.